The zero-order valence-electron chi connectivity index (χ0n) is 10.5. The standard InChI is InChI=1S/C15H15NO2S/c17-19(11-4-12-19)16-13-7-9-15(10-8-13)18-14-5-2-1-3-6-14/h1-3,5-10H,4,11-12H2. The van der Waals surface area contributed by atoms with Gasteiger partial charge in [-0.3, -0.25) is 0 Å². The summed E-state index contributed by atoms with van der Waals surface area (Å²) in [6.07, 6.45) is 1.03. The fourth-order valence-electron chi connectivity index (χ4n) is 1.87. The lowest BCUT2D eigenvalue weighted by Gasteiger charge is -2.17. The fourth-order valence-corrected chi connectivity index (χ4v) is 3.35. The van der Waals surface area contributed by atoms with Crippen LogP contribution in [0.15, 0.2) is 59.0 Å². The zero-order valence-corrected chi connectivity index (χ0v) is 11.3. The van der Waals surface area contributed by atoms with Crippen molar-refractivity contribution in [3.63, 3.8) is 0 Å². The minimum absolute atomic E-state index is 0.731. The van der Waals surface area contributed by atoms with E-state index in [9.17, 15) is 4.21 Å². The van der Waals surface area contributed by atoms with Gasteiger partial charge in [-0.15, -0.1) is 0 Å². The maximum absolute atomic E-state index is 12.0. The normalized spacial score (nSPS) is 16.4. The molecule has 0 bridgehead atoms. The molecule has 0 spiro atoms. The number of rotatable bonds is 3. The highest BCUT2D eigenvalue weighted by Gasteiger charge is 2.18. The molecule has 0 radical (unpaired) electrons. The van der Waals surface area contributed by atoms with Gasteiger partial charge >= 0.3 is 0 Å². The molecule has 98 valence electrons. The number of ether oxygens (including phenoxy) is 1. The molecule has 1 saturated heterocycles. The Hall–Kier alpha value is -1.81. The van der Waals surface area contributed by atoms with Crippen LogP contribution in [0, 0.1) is 0 Å². The average molecular weight is 273 g/mol. The van der Waals surface area contributed by atoms with Crippen LogP contribution in [-0.2, 0) is 9.73 Å². The van der Waals surface area contributed by atoms with E-state index in [1.54, 1.807) is 0 Å². The molecule has 0 atom stereocenters. The van der Waals surface area contributed by atoms with E-state index in [0.717, 1.165) is 35.1 Å². The van der Waals surface area contributed by atoms with Gasteiger partial charge in [-0.25, -0.2) is 4.21 Å². The van der Waals surface area contributed by atoms with Crippen molar-refractivity contribution in [1.29, 1.82) is 0 Å². The van der Waals surface area contributed by atoms with Crippen LogP contribution in [0.25, 0.3) is 0 Å². The molecular formula is C15H15NO2S. The van der Waals surface area contributed by atoms with Crippen molar-refractivity contribution in [3.05, 3.63) is 54.6 Å². The third kappa shape index (κ3) is 2.96. The second-order valence-electron chi connectivity index (χ2n) is 4.53. The Morgan fingerprint density at radius 1 is 0.895 bits per heavy atom. The first-order valence-corrected chi connectivity index (χ1v) is 8.14. The van der Waals surface area contributed by atoms with Gasteiger partial charge < -0.3 is 4.74 Å². The molecule has 0 saturated carbocycles. The first-order chi connectivity index (χ1) is 9.23. The first kappa shape index (κ1) is 12.2. The Morgan fingerprint density at radius 2 is 1.53 bits per heavy atom. The van der Waals surface area contributed by atoms with E-state index in [-0.39, 0.29) is 0 Å². The van der Waals surface area contributed by atoms with Crippen molar-refractivity contribution >= 4 is 15.4 Å². The Labute approximate surface area is 113 Å². The smallest absolute Gasteiger partial charge is 0.127 e. The predicted molar refractivity (Wildman–Crippen MR) is 77.5 cm³/mol. The Kier molecular flexibility index (Phi) is 3.25. The summed E-state index contributed by atoms with van der Waals surface area (Å²) in [7, 11) is -1.93. The average Bonchev–Trinajstić information content (AvgIpc) is 2.40. The molecule has 3 nitrogen and oxygen atoms in total. The molecule has 1 heterocycles. The Bertz CT molecular complexity index is 661. The second kappa shape index (κ2) is 5.05. The molecule has 1 aliphatic rings. The topological polar surface area (TPSA) is 38.7 Å². The van der Waals surface area contributed by atoms with Crippen LogP contribution in [0.5, 0.6) is 11.5 Å². The lowest BCUT2D eigenvalue weighted by molar-refractivity contribution is 0.483. The first-order valence-electron chi connectivity index (χ1n) is 6.29. The summed E-state index contributed by atoms with van der Waals surface area (Å²) in [6.45, 7) is 0. The van der Waals surface area contributed by atoms with E-state index in [1.165, 1.54) is 0 Å². The molecule has 0 aliphatic carbocycles. The van der Waals surface area contributed by atoms with E-state index in [0.29, 0.717) is 0 Å². The van der Waals surface area contributed by atoms with Crippen molar-refractivity contribution < 1.29 is 8.95 Å². The van der Waals surface area contributed by atoms with E-state index < -0.39 is 9.73 Å². The van der Waals surface area contributed by atoms with Gasteiger partial charge in [0.1, 0.15) is 11.5 Å². The highest BCUT2D eigenvalue weighted by atomic mass is 32.2. The van der Waals surface area contributed by atoms with E-state index >= 15 is 0 Å². The van der Waals surface area contributed by atoms with Crippen molar-refractivity contribution in [3.8, 4) is 11.5 Å². The monoisotopic (exact) mass is 273 g/mol. The van der Waals surface area contributed by atoms with Gasteiger partial charge in [0, 0.05) is 11.5 Å². The molecule has 19 heavy (non-hydrogen) atoms. The Balaban J connectivity index is 1.76. The maximum Gasteiger partial charge on any atom is 0.127 e. The van der Waals surface area contributed by atoms with Crippen LogP contribution < -0.4 is 4.74 Å². The maximum atomic E-state index is 12.0. The van der Waals surface area contributed by atoms with Crippen LogP contribution >= 0.6 is 0 Å². The lowest BCUT2D eigenvalue weighted by Crippen LogP contribution is -2.22. The summed E-state index contributed by atoms with van der Waals surface area (Å²) < 4.78 is 22.0. The van der Waals surface area contributed by atoms with E-state index in [4.69, 9.17) is 4.74 Å². The molecule has 1 fully saturated rings. The largest absolute Gasteiger partial charge is 0.457 e. The molecule has 0 unspecified atom stereocenters. The predicted octanol–water partition coefficient (Wildman–Crippen LogP) is 3.98. The van der Waals surface area contributed by atoms with Gasteiger partial charge in [0.25, 0.3) is 0 Å². The molecule has 4 heteroatoms. The molecule has 2 aromatic carbocycles. The third-order valence-electron chi connectivity index (χ3n) is 3.01. The van der Waals surface area contributed by atoms with Gasteiger partial charge in [-0.2, -0.15) is 4.36 Å². The molecule has 0 N–H and O–H groups in total. The molecule has 0 aromatic heterocycles. The molecule has 2 aromatic rings. The third-order valence-corrected chi connectivity index (χ3v) is 5.41. The minimum atomic E-state index is -1.93. The van der Waals surface area contributed by atoms with Gasteiger partial charge in [-0.05, 0) is 42.8 Å². The summed E-state index contributed by atoms with van der Waals surface area (Å²) in [4.78, 5) is 0. The van der Waals surface area contributed by atoms with Crippen molar-refractivity contribution in [2.45, 2.75) is 6.42 Å². The summed E-state index contributed by atoms with van der Waals surface area (Å²) in [5.41, 5.74) is 0.769. The van der Waals surface area contributed by atoms with Crippen LogP contribution in [0.3, 0.4) is 0 Å². The fraction of sp³-hybridized carbons (Fsp3) is 0.200. The molecule has 3 rings (SSSR count). The van der Waals surface area contributed by atoms with Crippen LogP contribution in [0.2, 0.25) is 0 Å². The highest BCUT2D eigenvalue weighted by molar-refractivity contribution is 7.95. The van der Waals surface area contributed by atoms with Crippen LogP contribution in [0.4, 0.5) is 5.69 Å². The SMILES string of the molecule is O=S1(=Nc2ccc(Oc3ccccc3)cc2)CCC1. The summed E-state index contributed by atoms with van der Waals surface area (Å²) in [5.74, 6) is 3.02. The van der Waals surface area contributed by atoms with Gasteiger partial charge in [0.15, 0.2) is 0 Å². The van der Waals surface area contributed by atoms with E-state index in [1.807, 2.05) is 54.6 Å². The molecule has 1 aliphatic heterocycles. The number of para-hydroxylation sites is 1. The lowest BCUT2D eigenvalue weighted by atomic mass is 10.3. The van der Waals surface area contributed by atoms with Crippen molar-refractivity contribution in [1.82, 2.24) is 0 Å². The molecular weight excluding hydrogens is 258 g/mol. The quantitative estimate of drug-likeness (QED) is 0.848. The summed E-state index contributed by atoms with van der Waals surface area (Å²) in [6, 6.07) is 17.0. The summed E-state index contributed by atoms with van der Waals surface area (Å²) >= 11 is 0. The van der Waals surface area contributed by atoms with Gasteiger partial charge in [0.2, 0.25) is 0 Å². The number of nitrogens with zero attached hydrogens (tertiary/aromatic N) is 1. The Morgan fingerprint density at radius 3 is 2.11 bits per heavy atom. The number of hydrogen-bond donors (Lipinski definition) is 0. The highest BCUT2D eigenvalue weighted by Crippen LogP contribution is 2.26. The van der Waals surface area contributed by atoms with Gasteiger partial charge in [-0.1, -0.05) is 18.2 Å². The van der Waals surface area contributed by atoms with Crippen molar-refractivity contribution in [2.75, 3.05) is 11.5 Å². The second-order valence-corrected chi connectivity index (χ2v) is 7.08. The number of hydrogen-bond acceptors (Lipinski definition) is 3. The molecule has 0 amide bonds. The zero-order chi connectivity index (χ0) is 13.1. The van der Waals surface area contributed by atoms with Crippen molar-refractivity contribution in [2.24, 2.45) is 4.36 Å². The van der Waals surface area contributed by atoms with Crippen LogP contribution in [-0.4, -0.2) is 15.7 Å². The summed E-state index contributed by atoms with van der Waals surface area (Å²) in [5, 5.41) is 0. The van der Waals surface area contributed by atoms with E-state index in [2.05, 4.69) is 4.36 Å². The van der Waals surface area contributed by atoms with Gasteiger partial charge in [0.05, 0.1) is 15.4 Å². The van der Waals surface area contributed by atoms with Crippen LogP contribution in [0.1, 0.15) is 6.42 Å². The number of benzene rings is 2. The minimum Gasteiger partial charge on any atom is -0.457 e.